The van der Waals surface area contributed by atoms with Crippen molar-refractivity contribution in [3.05, 3.63) is 83.7 Å². The van der Waals surface area contributed by atoms with Crippen LogP contribution in [0.3, 0.4) is 0 Å². The first-order chi connectivity index (χ1) is 21.2. The summed E-state index contributed by atoms with van der Waals surface area (Å²) in [6, 6.07) is 14.3. The Kier molecular flexibility index (Phi) is 8.63. The average Bonchev–Trinajstić information content (AvgIpc) is 2.96. The number of halogens is 4. The lowest BCUT2D eigenvalue weighted by molar-refractivity contribution is -0.155. The van der Waals surface area contributed by atoms with Gasteiger partial charge in [-0.15, -0.1) is 0 Å². The third-order valence-electron chi connectivity index (χ3n) is 7.30. The van der Waals surface area contributed by atoms with Gasteiger partial charge in [0.2, 0.25) is 5.96 Å². The number of carbonyl (C=O) groups excluding carboxylic acids is 1. The number of fused-ring (bicyclic) bond motifs is 1. The van der Waals surface area contributed by atoms with Gasteiger partial charge in [-0.2, -0.15) is 13.2 Å². The molecule has 1 fully saturated rings. The van der Waals surface area contributed by atoms with Crippen LogP contribution in [0.15, 0.2) is 71.7 Å². The molecule has 9 nitrogen and oxygen atoms in total. The molecule has 0 aromatic heterocycles. The van der Waals surface area contributed by atoms with E-state index in [2.05, 4.69) is 4.90 Å². The Morgan fingerprint density at radius 2 is 1.58 bits per heavy atom. The van der Waals surface area contributed by atoms with Gasteiger partial charge in [0.1, 0.15) is 17.2 Å². The number of esters is 1. The first-order valence-electron chi connectivity index (χ1n) is 14.3. The number of rotatable bonds is 5. The monoisotopic (exact) mass is 628 g/mol. The topological polar surface area (TPSA) is 94.9 Å². The normalized spacial score (nSPS) is 17.0. The molecule has 3 aromatic carbocycles. The van der Waals surface area contributed by atoms with Gasteiger partial charge in [0.25, 0.3) is 0 Å². The summed E-state index contributed by atoms with van der Waals surface area (Å²) in [7, 11) is 0. The summed E-state index contributed by atoms with van der Waals surface area (Å²) in [6.07, 6.45) is -6.47. The highest BCUT2D eigenvalue weighted by molar-refractivity contribution is 6.01. The third kappa shape index (κ3) is 7.47. The average molecular weight is 629 g/mol. The fourth-order valence-electron chi connectivity index (χ4n) is 5.42. The molecule has 0 amide bonds. The highest BCUT2D eigenvalue weighted by Gasteiger charge is 2.39. The summed E-state index contributed by atoms with van der Waals surface area (Å²) >= 11 is 0. The summed E-state index contributed by atoms with van der Waals surface area (Å²) in [6.45, 7) is 6.97. The van der Waals surface area contributed by atoms with E-state index in [1.807, 2.05) is 4.90 Å². The van der Waals surface area contributed by atoms with Crippen molar-refractivity contribution in [3.63, 3.8) is 0 Å². The molecule has 3 aromatic rings. The second-order valence-corrected chi connectivity index (χ2v) is 11.7. The zero-order chi connectivity index (χ0) is 32.5. The minimum atomic E-state index is -4.63. The lowest BCUT2D eigenvalue weighted by atomic mass is 9.96. The van der Waals surface area contributed by atoms with E-state index >= 15 is 0 Å². The second-order valence-electron chi connectivity index (χ2n) is 11.7. The van der Waals surface area contributed by atoms with Crippen molar-refractivity contribution in [1.29, 1.82) is 0 Å². The Hall–Kier alpha value is -4.81. The SMILES string of the molecule is CC(C)(C)OC(=O)CC1c2cc(OC(=O)O)ccc2N=C(N2CCN(c3ccc(F)cc3)CC2)N1c1cccc(C(F)(F)F)c1. The van der Waals surface area contributed by atoms with Crippen LogP contribution in [0.4, 0.5) is 39.4 Å². The Morgan fingerprint density at radius 3 is 2.20 bits per heavy atom. The van der Waals surface area contributed by atoms with Crippen LogP contribution < -0.4 is 14.5 Å². The predicted octanol–water partition coefficient (Wildman–Crippen LogP) is 7.00. The van der Waals surface area contributed by atoms with Gasteiger partial charge in [0.05, 0.1) is 23.7 Å². The molecule has 13 heteroatoms. The number of nitrogens with zero attached hydrogens (tertiary/aromatic N) is 4. The maximum Gasteiger partial charge on any atom is 0.511 e. The fraction of sp³-hybridized carbons (Fsp3) is 0.344. The molecular formula is C32H32F4N4O5. The molecule has 0 bridgehead atoms. The Morgan fingerprint density at radius 1 is 0.911 bits per heavy atom. The van der Waals surface area contributed by atoms with E-state index in [0.717, 1.165) is 17.8 Å². The van der Waals surface area contributed by atoms with Crippen molar-refractivity contribution in [2.75, 3.05) is 36.0 Å². The number of anilines is 2. The lowest BCUT2D eigenvalue weighted by Gasteiger charge is -2.45. The van der Waals surface area contributed by atoms with Crippen molar-refractivity contribution < 1.29 is 41.7 Å². The fourth-order valence-corrected chi connectivity index (χ4v) is 5.42. The number of ether oxygens (including phenoxy) is 2. The zero-order valence-electron chi connectivity index (χ0n) is 24.8. The maximum absolute atomic E-state index is 13.9. The minimum absolute atomic E-state index is 0.0361. The second kappa shape index (κ2) is 12.3. The van der Waals surface area contributed by atoms with Crippen LogP contribution in [-0.2, 0) is 15.7 Å². The van der Waals surface area contributed by atoms with Crippen molar-refractivity contribution >= 4 is 35.1 Å². The van der Waals surface area contributed by atoms with Crippen molar-refractivity contribution in [2.45, 2.75) is 45.0 Å². The Balaban J connectivity index is 1.59. The number of piperazine rings is 1. The van der Waals surface area contributed by atoms with Gasteiger partial charge in [-0.3, -0.25) is 4.79 Å². The van der Waals surface area contributed by atoms with E-state index in [4.69, 9.17) is 14.5 Å². The number of guanidine groups is 1. The molecule has 0 radical (unpaired) electrons. The van der Waals surface area contributed by atoms with Gasteiger partial charge in [0, 0.05) is 43.1 Å². The maximum atomic E-state index is 13.9. The van der Waals surface area contributed by atoms with Gasteiger partial charge in [-0.05, 0) is 81.4 Å². The summed E-state index contributed by atoms with van der Waals surface area (Å²) < 4.78 is 65.6. The quantitative estimate of drug-likeness (QED) is 0.183. The van der Waals surface area contributed by atoms with Gasteiger partial charge >= 0.3 is 18.3 Å². The Bertz CT molecular complexity index is 1600. The highest BCUT2D eigenvalue weighted by Crippen LogP contribution is 2.44. The molecule has 0 aliphatic carbocycles. The molecule has 0 spiro atoms. The third-order valence-corrected chi connectivity index (χ3v) is 7.30. The smallest absolute Gasteiger partial charge is 0.460 e. The van der Waals surface area contributed by atoms with E-state index in [0.29, 0.717) is 43.4 Å². The van der Waals surface area contributed by atoms with E-state index in [-0.39, 0.29) is 23.7 Å². The van der Waals surface area contributed by atoms with Crippen LogP contribution in [0.5, 0.6) is 5.75 Å². The van der Waals surface area contributed by atoms with Crippen LogP contribution in [-0.4, -0.2) is 59.9 Å². The summed E-state index contributed by atoms with van der Waals surface area (Å²) in [5.74, 6) is -0.674. The molecule has 2 aliphatic heterocycles. The molecule has 2 heterocycles. The first-order valence-corrected chi connectivity index (χ1v) is 14.3. The van der Waals surface area contributed by atoms with E-state index in [1.54, 1.807) is 43.9 Å². The number of carboxylic acid groups (broad SMARTS) is 1. The van der Waals surface area contributed by atoms with Crippen LogP contribution >= 0.6 is 0 Å². The van der Waals surface area contributed by atoms with Crippen LogP contribution in [0.2, 0.25) is 0 Å². The molecule has 5 rings (SSSR count). The predicted molar refractivity (Wildman–Crippen MR) is 160 cm³/mol. The zero-order valence-corrected chi connectivity index (χ0v) is 24.8. The molecular weight excluding hydrogens is 596 g/mol. The van der Waals surface area contributed by atoms with E-state index < -0.39 is 35.5 Å². The lowest BCUT2D eigenvalue weighted by Crippen LogP contribution is -2.55. The molecule has 1 atom stereocenters. The van der Waals surface area contributed by atoms with Gasteiger partial charge in [-0.25, -0.2) is 14.2 Å². The van der Waals surface area contributed by atoms with Crippen LogP contribution in [0, 0.1) is 5.82 Å². The first kappa shape index (κ1) is 31.6. The number of hydrogen-bond donors (Lipinski definition) is 1. The van der Waals surface area contributed by atoms with Crippen molar-refractivity contribution in [3.8, 4) is 5.75 Å². The summed E-state index contributed by atoms with van der Waals surface area (Å²) in [5, 5.41) is 9.21. The van der Waals surface area contributed by atoms with Gasteiger partial charge in [-0.1, -0.05) is 6.07 Å². The highest BCUT2D eigenvalue weighted by atomic mass is 19.4. The van der Waals surface area contributed by atoms with Crippen molar-refractivity contribution in [2.24, 2.45) is 4.99 Å². The van der Waals surface area contributed by atoms with Gasteiger partial charge in [0.15, 0.2) is 0 Å². The number of alkyl halides is 3. The molecule has 0 saturated carbocycles. The number of carbonyl (C=O) groups is 2. The number of hydrogen-bond acceptors (Lipinski definition) is 8. The molecule has 1 saturated heterocycles. The Labute approximate surface area is 257 Å². The van der Waals surface area contributed by atoms with Gasteiger partial charge < -0.3 is 29.3 Å². The number of benzene rings is 3. The van der Waals surface area contributed by atoms with E-state index in [1.165, 1.54) is 36.4 Å². The largest absolute Gasteiger partial charge is 0.511 e. The number of aliphatic imine (C=N–C) groups is 1. The molecule has 1 unspecified atom stereocenters. The summed E-state index contributed by atoms with van der Waals surface area (Å²) in [5.41, 5.74) is 0.0255. The summed E-state index contributed by atoms with van der Waals surface area (Å²) in [4.78, 5) is 35.0. The molecule has 45 heavy (non-hydrogen) atoms. The van der Waals surface area contributed by atoms with Crippen LogP contribution in [0.1, 0.15) is 44.4 Å². The minimum Gasteiger partial charge on any atom is -0.460 e. The van der Waals surface area contributed by atoms with E-state index in [9.17, 15) is 32.3 Å². The molecule has 2 aliphatic rings. The van der Waals surface area contributed by atoms with Crippen molar-refractivity contribution in [1.82, 2.24) is 4.90 Å². The standard InChI is InChI=1S/C32H32F4N4O5/c1-31(2,3)45-28(41)19-27-25-18-24(44-30(42)43)11-12-26(25)37-29(40(27)23-6-4-5-20(17-23)32(34,35)36)39-15-13-38(14-16-39)22-9-7-21(33)8-10-22/h4-12,17-18,27H,13-16,19H2,1-3H3,(H,42,43). The molecule has 238 valence electrons. The van der Waals surface area contributed by atoms with Crippen LogP contribution in [0.25, 0.3) is 0 Å². The molecule has 1 N–H and O–H groups in total.